The molecule has 6 nitrogen and oxygen atoms in total. The minimum absolute atomic E-state index is 0.0420. The molecule has 1 N–H and O–H groups in total. The number of para-hydroxylation sites is 1. The third kappa shape index (κ3) is 4.52. The number of hydrogen-bond donors (Lipinski definition) is 1. The van der Waals surface area contributed by atoms with E-state index in [9.17, 15) is 9.90 Å². The highest BCUT2D eigenvalue weighted by molar-refractivity contribution is 7.11. The molecule has 1 amide bonds. The summed E-state index contributed by atoms with van der Waals surface area (Å²) in [6, 6.07) is 13.2. The highest BCUT2D eigenvalue weighted by atomic mass is 32.1. The number of aromatic nitrogens is 2. The molecule has 30 heavy (non-hydrogen) atoms. The van der Waals surface area contributed by atoms with Crippen molar-refractivity contribution in [2.75, 3.05) is 13.1 Å². The molecule has 0 saturated carbocycles. The molecule has 3 aromatic rings. The summed E-state index contributed by atoms with van der Waals surface area (Å²) in [5, 5.41) is 12.1. The molecule has 3 heterocycles. The zero-order valence-electron chi connectivity index (χ0n) is 17.0. The van der Waals surface area contributed by atoms with Crippen LogP contribution in [0, 0.1) is 6.92 Å². The molecular formula is C23H25N3O3S. The van der Waals surface area contributed by atoms with E-state index < -0.39 is 5.60 Å². The van der Waals surface area contributed by atoms with Gasteiger partial charge in [0.05, 0.1) is 16.1 Å². The Morgan fingerprint density at radius 2 is 2.03 bits per heavy atom. The first-order valence-electron chi connectivity index (χ1n) is 10.1. The predicted octanol–water partition coefficient (Wildman–Crippen LogP) is 3.94. The molecule has 1 aliphatic heterocycles. The SMILES string of the molecule is Cc1nc([C@@]2(O)CCCN(C(=O)c3cccnc3)CC2)sc1COc1ccccc1. The third-order valence-corrected chi connectivity index (χ3v) is 6.74. The lowest BCUT2D eigenvalue weighted by Gasteiger charge is -2.24. The Kier molecular flexibility index (Phi) is 6.11. The fourth-order valence-corrected chi connectivity index (χ4v) is 4.76. The number of aliphatic hydroxyl groups is 1. The lowest BCUT2D eigenvalue weighted by molar-refractivity contribution is 0.0209. The number of nitrogens with zero attached hydrogens (tertiary/aromatic N) is 3. The topological polar surface area (TPSA) is 75.6 Å². The van der Waals surface area contributed by atoms with Crippen LogP contribution < -0.4 is 4.74 Å². The van der Waals surface area contributed by atoms with E-state index in [2.05, 4.69) is 9.97 Å². The first kappa shape index (κ1) is 20.5. The van der Waals surface area contributed by atoms with Gasteiger partial charge in [-0.3, -0.25) is 9.78 Å². The van der Waals surface area contributed by atoms with Crippen molar-refractivity contribution in [1.29, 1.82) is 0 Å². The van der Waals surface area contributed by atoms with Gasteiger partial charge in [-0.15, -0.1) is 11.3 Å². The molecule has 1 aromatic carbocycles. The van der Waals surface area contributed by atoms with Crippen molar-refractivity contribution in [3.8, 4) is 5.75 Å². The molecule has 0 aliphatic carbocycles. The maximum atomic E-state index is 12.8. The maximum absolute atomic E-state index is 12.8. The number of likely N-dealkylation sites (tertiary alicyclic amines) is 1. The average molecular weight is 424 g/mol. The Morgan fingerprint density at radius 1 is 1.20 bits per heavy atom. The van der Waals surface area contributed by atoms with E-state index in [0.717, 1.165) is 22.7 Å². The zero-order chi connectivity index (χ0) is 21.0. The lowest BCUT2D eigenvalue weighted by Crippen LogP contribution is -2.33. The van der Waals surface area contributed by atoms with Crippen LogP contribution in [-0.4, -0.2) is 39.0 Å². The van der Waals surface area contributed by atoms with Crippen LogP contribution in [0.3, 0.4) is 0 Å². The summed E-state index contributed by atoms with van der Waals surface area (Å²) in [6.45, 7) is 3.47. The van der Waals surface area contributed by atoms with Crippen molar-refractivity contribution >= 4 is 17.2 Å². The Balaban J connectivity index is 1.44. The van der Waals surface area contributed by atoms with Crippen LogP contribution in [-0.2, 0) is 12.2 Å². The van der Waals surface area contributed by atoms with Crippen molar-refractivity contribution in [3.05, 3.63) is 76.0 Å². The van der Waals surface area contributed by atoms with Crippen LogP contribution in [0.1, 0.15) is 45.2 Å². The maximum Gasteiger partial charge on any atom is 0.255 e. The molecule has 0 bridgehead atoms. The number of carbonyl (C=O) groups is 1. The Labute approximate surface area is 180 Å². The minimum Gasteiger partial charge on any atom is -0.488 e. The third-order valence-electron chi connectivity index (χ3n) is 5.41. The molecule has 0 radical (unpaired) electrons. The smallest absolute Gasteiger partial charge is 0.255 e. The number of benzene rings is 1. The second-order valence-corrected chi connectivity index (χ2v) is 8.63. The molecule has 7 heteroatoms. The van der Waals surface area contributed by atoms with Gasteiger partial charge in [0.2, 0.25) is 0 Å². The molecule has 1 aliphatic rings. The van der Waals surface area contributed by atoms with E-state index in [4.69, 9.17) is 4.74 Å². The molecule has 1 atom stereocenters. The van der Waals surface area contributed by atoms with Crippen LogP contribution in [0.15, 0.2) is 54.9 Å². The monoisotopic (exact) mass is 423 g/mol. The van der Waals surface area contributed by atoms with E-state index in [-0.39, 0.29) is 5.91 Å². The Hall–Kier alpha value is -2.77. The van der Waals surface area contributed by atoms with Crippen molar-refractivity contribution in [2.45, 2.75) is 38.4 Å². The van der Waals surface area contributed by atoms with Gasteiger partial charge in [-0.2, -0.15) is 0 Å². The number of ether oxygens (including phenoxy) is 1. The second-order valence-electron chi connectivity index (χ2n) is 7.55. The van der Waals surface area contributed by atoms with E-state index in [1.165, 1.54) is 11.3 Å². The normalized spacial score (nSPS) is 19.3. The molecule has 1 fully saturated rings. The molecular weight excluding hydrogens is 398 g/mol. The van der Waals surface area contributed by atoms with Crippen LogP contribution in [0.25, 0.3) is 0 Å². The number of hydrogen-bond acceptors (Lipinski definition) is 6. The molecule has 4 rings (SSSR count). The number of carbonyl (C=O) groups excluding carboxylic acids is 1. The summed E-state index contributed by atoms with van der Waals surface area (Å²) in [5.74, 6) is 0.768. The van der Waals surface area contributed by atoms with Gasteiger partial charge in [0.1, 0.15) is 23.0 Å². The lowest BCUT2D eigenvalue weighted by atomic mass is 9.96. The second kappa shape index (κ2) is 8.93. The molecule has 0 unspecified atom stereocenters. The van der Waals surface area contributed by atoms with Gasteiger partial charge in [0.25, 0.3) is 5.91 Å². The average Bonchev–Trinajstić information content (AvgIpc) is 3.04. The van der Waals surface area contributed by atoms with Gasteiger partial charge >= 0.3 is 0 Å². The van der Waals surface area contributed by atoms with Gasteiger partial charge in [-0.25, -0.2) is 4.98 Å². The zero-order valence-corrected chi connectivity index (χ0v) is 17.8. The van der Waals surface area contributed by atoms with Crippen molar-refractivity contribution in [2.24, 2.45) is 0 Å². The highest BCUT2D eigenvalue weighted by Crippen LogP contribution is 2.37. The number of rotatable bonds is 5. The molecule has 2 aromatic heterocycles. The first-order valence-corrected chi connectivity index (χ1v) is 10.9. The quantitative estimate of drug-likeness (QED) is 0.673. The van der Waals surface area contributed by atoms with Gasteiger partial charge in [0.15, 0.2) is 0 Å². The Morgan fingerprint density at radius 3 is 2.80 bits per heavy atom. The number of amides is 1. The molecule has 0 spiro atoms. The van der Waals surface area contributed by atoms with Crippen LogP contribution in [0.2, 0.25) is 0 Å². The Bertz CT molecular complexity index is 993. The van der Waals surface area contributed by atoms with E-state index in [1.807, 2.05) is 37.3 Å². The summed E-state index contributed by atoms with van der Waals surface area (Å²) in [6.07, 6.45) is 5.00. The number of thiazole rings is 1. The largest absolute Gasteiger partial charge is 0.488 e. The van der Waals surface area contributed by atoms with Gasteiger partial charge < -0.3 is 14.7 Å². The van der Waals surface area contributed by atoms with Crippen LogP contribution >= 0.6 is 11.3 Å². The fraction of sp³-hybridized carbons (Fsp3) is 0.348. The molecule has 1 saturated heterocycles. The van der Waals surface area contributed by atoms with E-state index >= 15 is 0 Å². The van der Waals surface area contributed by atoms with Crippen molar-refractivity contribution in [1.82, 2.24) is 14.9 Å². The van der Waals surface area contributed by atoms with Crippen molar-refractivity contribution in [3.63, 3.8) is 0 Å². The number of pyridine rings is 1. The van der Waals surface area contributed by atoms with Crippen LogP contribution in [0.4, 0.5) is 0 Å². The first-order chi connectivity index (χ1) is 14.5. The predicted molar refractivity (Wildman–Crippen MR) is 116 cm³/mol. The fourth-order valence-electron chi connectivity index (χ4n) is 3.63. The van der Waals surface area contributed by atoms with Crippen molar-refractivity contribution < 1.29 is 14.6 Å². The summed E-state index contributed by atoms with van der Waals surface area (Å²) in [5.41, 5.74) is 0.435. The minimum atomic E-state index is -1.02. The van der Waals surface area contributed by atoms with E-state index in [0.29, 0.717) is 43.1 Å². The standard InChI is InChI=1S/C23H25N3O3S/c1-17-20(16-29-19-8-3-2-4-9-19)30-22(25-17)23(28)10-6-13-26(14-11-23)21(27)18-7-5-12-24-15-18/h2-5,7-9,12,15,28H,6,10-11,13-14,16H2,1H3/t23-/m1/s1. The summed E-state index contributed by atoms with van der Waals surface area (Å²) < 4.78 is 5.86. The van der Waals surface area contributed by atoms with E-state index in [1.54, 1.807) is 29.4 Å². The van der Waals surface area contributed by atoms with Gasteiger partial charge in [0, 0.05) is 31.9 Å². The number of aryl methyl sites for hydroxylation is 1. The van der Waals surface area contributed by atoms with Gasteiger partial charge in [-0.05, 0) is 44.0 Å². The molecule has 156 valence electrons. The van der Waals surface area contributed by atoms with Gasteiger partial charge in [-0.1, -0.05) is 18.2 Å². The summed E-state index contributed by atoms with van der Waals surface area (Å²) >= 11 is 1.50. The highest BCUT2D eigenvalue weighted by Gasteiger charge is 2.36. The summed E-state index contributed by atoms with van der Waals surface area (Å²) in [4.78, 5) is 24.3. The van der Waals surface area contributed by atoms with Crippen LogP contribution in [0.5, 0.6) is 5.75 Å². The summed E-state index contributed by atoms with van der Waals surface area (Å²) in [7, 11) is 0.